The van der Waals surface area contributed by atoms with Crippen LogP contribution in [0.1, 0.15) is 23.7 Å². The van der Waals surface area contributed by atoms with Gasteiger partial charge in [0.2, 0.25) is 0 Å². The highest BCUT2D eigenvalue weighted by molar-refractivity contribution is 5.54. The van der Waals surface area contributed by atoms with E-state index in [2.05, 4.69) is 5.32 Å². The molecule has 0 aliphatic carbocycles. The molecule has 2 nitrogen and oxygen atoms in total. The second-order valence-corrected chi connectivity index (χ2v) is 5.03. The first kappa shape index (κ1) is 13.1. The van der Waals surface area contributed by atoms with Crippen molar-refractivity contribution in [1.29, 1.82) is 0 Å². The van der Waals surface area contributed by atoms with E-state index in [9.17, 15) is 13.9 Å². The van der Waals surface area contributed by atoms with Crippen LogP contribution in [0.4, 0.5) is 14.5 Å². The Morgan fingerprint density at radius 2 is 1.90 bits per heavy atom. The summed E-state index contributed by atoms with van der Waals surface area (Å²) < 4.78 is 27.0. The Balaban J connectivity index is 1.86. The van der Waals surface area contributed by atoms with Crippen LogP contribution in [0.25, 0.3) is 0 Å². The van der Waals surface area contributed by atoms with Gasteiger partial charge in [-0.15, -0.1) is 0 Å². The van der Waals surface area contributed by atoms with E-state index in [1.807, 2.05) is 24.3 Å². The van der Waals surface area contributed by atoms with E-state index >= 15 is 0 Å². The standard InChI is InChI=1S/C16H15F2NO/c17-12-6-3-5-11(15(12)18)16(20)14-9-8-10-4-1-2-7-13(10)19-14/h1-7,14,16,19-20H,8-9H2. The summed E-state index contributed by atoms with van der Waals surface area (Å²) in [5.41, 5.74) is 2.12. The zero-order valence-electron chi connectivity index (χ0n) is 10.8. The van der Waals surface area contributed by atoms with Gasteiger partial charge in [-0.25, -0.2) is 8.78 Å². The second kappa shape index (κ2) is 5.21. The van der Waals surface area contributed by atoms with Gasteiger partial charge in [-0.1, -0.05) is 30.3 Å². The van der Waals surface area contributed by atoms with Crippen molar-refractivity contribution >= 4 is 5.69 Å². The third kappa shape index (κ3) is 2.27. The molecule has 0 saturated heterocycles. The summed E-state index contributed by atoms with van der Waals surface area (Å²) in [6.45, 7) is 0. The van der Waals surface area contributed by atoms with Gasteiger partial charge < -0.3 is 10.4 Å². The zero-order chi connectivity index (χ0) is 14.1. The van der Waals surface area contributed by atoms with Crippen LogP contribution in [-0.4, -0.2) is 11.1 Å². The van der Waals surface area contributed by atoms with Crippen LogP contribution in [-0.2, 0) is 6.42 Å². The van der Waals surface area contributed by atoms with E-state index in [0.717, 1.165) is 18.2 Å². The Kier molecular flexibility index (Phi) is 3.40. The van der Waals surface area contributed by atoms with Crippen molar-refractivity contribution in [2.75, 3.05) is 5.32 Å². The Bertz CT molecular complexity index is 630. The lowest BCUT2D eigenvalue weighted by Crippen LogP contribution is -2.32. The first-order chi connectivity index (χ1) is 9.66. The minimum Gasteiger partial charge on any atom is -0.386 e. The summed E-state index contributed by atoms with van der Waals surface area (Å²) in [6, 6.07) is 11.4. The SMILES string of the molecule is OC(c1cccc(F)c1F)C1CCc2ccccc2N1. The van der Waals surface area contributed by atoms with Gasteiger partial charge in [0.1, 0.15) is 6.10 Å². The van der Waals surface area contributed by atoms with Crippen LogP contribution in [0.5, 0.6) is 0 Å². The van der Waals surface area contributed by atoms with Gasteiger partial charge in [0.15, 0.2) is 11.6 Å². The maximum atomic E-state index is 13.7. The second-order valence-electron chi connectivity index (χ2n) is 5.03. The summed E-state index contributed by atoms with van der Waals surface area (Å²) in [5.74, 6) is -1.90. The van der Waals surface area contributed by atoms with Crippen molar-refractivity contribution in [1.82, 2.24) is 0 Å². The van der Waals surface area contributed by atoms with Crippen LogP contribution in [0.15, 0.2) is 42.5 Å². The summed E-state index contributed by atoms with van der Waals surface area (Å²) in [5, 5.41) is 13.5. The first-order valence-corrected chi connectivity index (χ1v) is 6.63. The van der Waals surface area contributed by atoms with Crippen molar-refractivity contribution < 1.29 is 13.9 Å². The maximum absolute atomic E-state index is 13.7. The molecule has 0 spiro atoms. The average molecular weight is 275 g/mol. The van der Waals surface area contributed by atoms with E-state index < -0.39 is 17.7 Å². The zero-order valence-corrected chi connectivity index (χ0v) is 10.8. The summed E-state index contributed by atoms with van der Waals surface area (Å²) in [7, 11) is 0. The molecule has 2 aromatic carbocycles. The van der Waals surface area contributed by atoms with Gasteiger partial charge in [0.05, 0.1) is 6.04 Å². The van der Waals surface area contributed by atoms with Crippen LogP contribution >= 0.6 is 0 Å². The number of benzene rings is 2. The predicted octanol–water partition coefficient (Wildman–Crippen LogP) is 3.43. The number of fused-ring (bicyclic) bond motifs is 1. The number of halogens is 2. The maximum Gasteiger partial charge on any atom is 0.164 e. The quantitative estimate of drug-likeness (QED) is 0.880. The van der Waals surface area contributed by atoms with E-state index in [0.29, 0.717) is 6.42 Å². The minimum atomic E-state index is -1.07. The molecule has 1 aliphatic heterocycles. The Morgan fingerprint density at radius 1 is 1.10 bits per heavy atom. The summed E-state index contributed by atoms with van der Waals surface area (Å²) >= 11 is 0. The normalized spacial score (nSPS) is 19.1. The molecular formula is C16H15F2NO. The lowest BCUT2D eigenvalue weighted by molar-refractivity contribution is 0.143. The van der Waals surface area contributed by atoms with E-state index in [-0.39, 0.29) is 11.6 Å². The number of aliphatic hydroxyl groups is 1. The van der Waals surface area contributed by atoms with Crippen molar-refractivity contribution in [3.63, 3.8) is 0 Å². The Labute approximate surface area is 116 Å². The predicted molar refractivity (Wildman–Crippen MR) is 73.5 cm³/mol. The Morgan fingerprint density at radius 3 is 2.75 bits per heavy atom. The molecular weight excluding hydrogens is 260 g/mol. The fraction of sp³-hybridized carbons (Fsp3) is 0.250. The molecule has 2 aromatic rings. The number of rotatable bonds is 2. The molecule has 0 saturated carbocycles. The first-order valence-electron chi connectivity index (χ1n) is 6.63. The number of anilines is 1. The molecule has 4 heteroatoms. The lowest BCUT2D eigenvalue weighted by atomic mass is 9.91. The number of hydrogen-bond donors (Lipinski definition) is 2. The minimum absolute atomic E-state index is 0.00174. The van der Waals surface area contributed by atoms with E-state index in [1.54, 1.807) is 0 Å². The topological polar surface area (TPSA) is 32.3 Å². The molecule has 1 heterocycles. The van der Waals surface area contributed by atoms with Gasteiger partial charge in [-0.3, -0.25) is 0 Å². The summed E-state index contributed by atoms with van der Waals surface area (Å²) in [4.78, 5) is 0. The van der Waals surface area contributed by atoms with Crippen LogP contribution in [0.2, 0.25) is 0 Å². The molecule has 0 radical (unpaired) electrons. The average Bonchev–Trinajstić information content (AvgIpc) is 2.49. The highest BCUT2D eigenvalue weighted by Gasteiger charge is 2.27. The van der Waals surface area contributed by atoms with E-state index in [1.165, 1.54) is 17.7 Å². The third-order valence-corrected chi connectivity index (χ3v) is 3.76. The number of aliphatic hydroxyl groups excluding tert-OH is 1. The molecule has 2 N–H and O–H groups in total. The molecule has 2 unspecified atom stereocenters. The number of aryl methyl sites for hydroxylation is 1. The molecule has 104 valence electrons. The molecule has 3 rings (SSSR count). The molecule has 0 bridgehead atoms. The van der Waals surface area contributed by atoms with Gasteiger partial charge in [-0.2, -0.15) is 0 Å². The van der Waals surface area contributed by atoms with Gasteiger partial charge in [0, 0.05) is 11.3 Å². The fourth-order valence-corrected chi connectivity index (χ4v) is 2.66. The van der Waals surface area contributed by atoms with Crippen LogP contribution in [0.3, 0.4) is 0 Å². The molecule has 2 atom stereocenters. The smallest absolute Gasteiger partial charge is 0.164 e. The molecule has 0 aromatic heterocycles. The third-order valence-electron chi connectivity index (χ3n) is 3.76. The van der Waals surface area contributed by atoms with Crippen LogP contribution in [0, 0.1) is 11.6 Å². The van der Waals surface area contributed by atoms with Crippen molar-refractivity contribution in [3.05, 3.63) is 65.2 Å². The van der Waals surface area contributed by atoms with E-state index in [4.69, 9.17) is 0 Å². The highest BCUT2D eigenvalue weighted by atomic mass is 19.2. The number of nitrogens with one attached hydrogen (secondary N) is 1. The highest BCUT2D eigenvalue weighted by Crippen LogP contribution is 2.31. The number of para-hydroxylation sites is 1. The van der Waals surface area contributed by atoms with Gasteiger partial charge in [0.25, 0.3) is 0 Å². The van der Waals surface area contributed by atoms with Gasteiger partial charge in [-0.05, 0) is 30.5 Å². The lowest BCUT2D eigenvalue weighted by Gasteiger charge is -2.31. The monoisotopic (exact) mass is 275 g/mol. The molecule has 0 amide bonds. The van der Waals surface area contributed by atoms with Crippen molar-refractivity contribution in [2.24, 2.45) is 0 Å². The molecule has 1 aliphatic rings. The van der Waals surface area contributed by atoms with Crippen molar-refractivity contribution in [2.45, 2.75) is 25.0 Å². The molecule has 0 fully saturated rings. The Hall–Kier alpha value is -1.94. The molecule has 20 heavy (non-hydrogen) atoms. The largest absolute Gasteiger partial charge is 0.386 e. The fourth-order valence-electron chi connectivity index (χ4n) is 2.66. The summed E-state index contributed by atoms with van der Waals surface area (Å²) in [6.07, 6.45) is 0.412. The number of hydrogen-bond acceptors (Lipinski definition) is 2. The van der Waals surface area contributed by atoms with Crippen molar-refractivity contribution in [3.8, 4) is 0 Å². The van der Waals surface area contributed by atoms with Gasteiger partial charge >= 0.3 is 0 Å². The van der Waals surface area contributed by atoms with Crippen LogP contribution < -0.4 is 5.32 Å².